The molecule has 0 aliphatic heterocycles. The van der Waals surface area contributed by atoms with Crippen LogP contribution in [-0.2, 0) is 0 Å². The van der Waals surface area contributed by atoms with Crippen molar-refractivity contribution in [3.63, 3.8) is 0 Å². The first-order chi connectivity index (χ1) is 14.8. The second-order valence-electron chi connectivity index (χ2n) is 7.23. The quantitative estimate of drug-likeness (QED) is 0.285. The fourth-order valence-electron chi connectivity index (χ4n) is 3.05. The van der Waals surface area contributed by atoms with Crippen LogP contribution in [0, 0.1) is 27.7 Å². The Morgan fingerprint density at radius 2 is 1.65 bits per heavy atom. The lowest BCUT2D eigenvalue weighted by molar-refractivity contribution is -0.310. The number of ether oxygens (including phenoxy) is 1. The van der Waals surface area contributed by atoms with Gasteiger partial charge >= 0.3 is 5.96 Å². The van der Waals surface area contributed by atoms with Crippen LogP contribution in [0.15, 0.2) is 48.5 Å². The van der Waals surface area contributed by atoms with E-state index in [1.165, 1.54) is 5.56 Å². The zero-order chi connectivity index (χ0) is 22.4. The van der Waals surface area contributed by atoms with Crippen molar-refractivity contribution in [1.82, 2.24) is 9.97 Å². The van der Waals surface area contributed by atoms with Crippen molar-refractivity contribution in [3.8, 4) is 5.75 Å². The van der Waals surface area contributed by atoms with Gasteiger partial charge in [-0.1, -0.05) is 23.8 Å². The first-order valence-corrected chi connectivity index (χ1v) is 10.3. The van der Waals surface area contributed by atoms with Gasteiger partial charge in [0.1, 0.15) is 5.75 Å². The van der Waals surface area contributed by atoms with Gasteiger partial charge in [0.15, 0.2) is 0 Å². The molecular formula is C23H27N6OS+. The van der Waals surface area contributed by atoms with E-state index in [1.54, 1.807) is 7.11 Å². The molecule has 0 radical (unpaired) electrons. The highest BCUT2D eigenvalue weighted by atomic mass is 32.1. The Balaban J connectivity index is 1.88. The van der Waals surface area contributed by atoms with Crippen LogP contribution in [0.2, 0.25) is 0 Å². The van der Waals surface area contributed by atoms with Gasteiger partial charge in [-0.3, -0.25) is 10.6 Å². The normalized spacial score (nSPS) is 11.1. The first kappa shape index (κ1) is 22.2. The Hall–Kier alpha value is -3.52. The molecule has 0 aliphatic carbocycles. The van der Waals surface area contributed by atoms with Gasteiger partial charge in [0.25, 0.3) is 11.1 Å². The third-order valence-corrected chi connectivity index (χ3v) is 4.63. The van der Waals surface area contributed by atoms with Crippen LogP contribution in [0.3, 0.4) is 0 Å². The van der Waals surface area contributed by atoms with Crippen molar-refractivity contribution < 1.29 is 9.73 Å². The third kappa shape index (κ3) is 6.48. The molecule has 0 saturated heterocycles. The molecule has 1 heterocycles. The molecule has 31 heavy (non-hydrogen) atoms. The summed E-state index contributed by atoms with van der Waals surface area (Å²) in [5.41, 5.74) is 5.79. The summed E-state index contributed by atoms with van der Waals surface area (Å²) in [5.74, 6) is 1.72. The minimum atomic E-state index is 0.425. The SMILES string of the molecule is COc1cccc(NC(Nc2nc(C)cc(C)n2)=[NH+]C(=S)Nc2ccc(C)cc2C)c1. The van der Waals surface area contributed by atoms with Crippen molar-refractivity contribution in [2.75, 3.05) is 23.1 Å². The number of aromatic nitrogens is 2. The number of methoxy groups -OCH3 is 1. The fourth-order valence-corrected chi connectivity index (χ4v) is 3.27. The molecule has 2 aromatic carbocycles. The smallest absolute Gasteiger partial charge is 0.320 e. The van der Waals surface area contributed by atoms with Crippen LogP contribution in [0.25, 0.3) is 0 Å². The summed E-state index contributed by atoms with van der Waals surface area (Å²) < 4.78 is 5.32. The second kappa shape index (κ2) is 9.99. The lowest BCUT2D eigenvalue weighted by Crippen LogP contribution is -2.81. The molecule has 0 fully saturated rings. The zero-order valence-electron chi connectivity index (χ0n) is 18.3. The maximum atomic E-state index is 5.55. The summed E-state index contributed by atoms with van der Waals surface area (Å²) in [4.78, 5) is 12.1. The van der Waals surface area contributed by atoms with Crippen LogP contribution < -0.4 is 25.7 Å². The Labute approximate surface area is 188 Å². The van der Waals surface area contributed by atoms with Crippen molar-refractivity contribution in [3.05, 3.63) is 71.0 Å². The topological polar surface area (TPSA) is 85.1 Å². The zero-order valence-corrected chi connectivity index (χ0v) is 19.1. The number of aryl methyl sites for hydroxylation is 4. The van der Waals surface area contributed by atoms with E-state index in [0.29, 0.717) is 17.0 Å². The molecular weight excluding hydrogens is 408 g/mol. The van der Waals surface area contributed by atoms with Crippen LogP contribution in [0.5, 0.6) is 5.75 Å². The van der Waals surface area contributed by atoms with E-state index in [1.807, 2.05) is 63.2 Å². The monoisotopic (exact) mass is 435 g/mol. The number of thiocarbonyl (C=S) groups is 1. The van der Waals surface area contributed by atoms with Gasteiger partial charge in [0, 0.05) is 17.5 Å². The lowest BCUT2D eigenvalue weighted by Gasteiger charge is -2.10. The van der Waals surface area contributed by atoms with Crippen molar-refractivity contribution >= 4 is 40.6 Å². The van der Waals surface area contributed by atoms with Crippen LogP contribution in [-0.4, -0.2) is 28.1 Å². The molecule has 0 aliphatic rings. The standard InChI is InChI=1S/C23H26N6OS/c1-14-9-10-20(15(2)11-14)27-23(31)29-22(26-18-7-6-8-19(13-18)30-5)28-21-24-16(3)12-17(4)25-21/h6-13H,1-5H3,(H3,24,25,26,27,28,29,31)/p+1. The number of benzene rings is 2. The van der Waals surface area contributed by atoms with Gasteiger partial charge in [-0.25, -0.2) is 20.3 Å². The molecule has 0 atom stereocenters. The van der Waals surface area contributed by atoms with Gasteiger partial charge in [-0.15, -0.1) is 0 Å². The van der Waals surface area contributed by atoms with E-state index in [4.69, 9.17) is 17.0 Å². The maximum absolute atomic E-state index is 5.55. The van der Waals surface area contributed by atoms with E-state index in [2.05, 4.69) is 43.9 Å². The molecule has 160 valence electrons. The second-order valence-corrected chi connectivity index (χ2v) is 7.64. The third-order valence-electron chi connectivity index (χ3n) is 4.43. The highest BCUT2D eigenvalue weighted by molar-refractivity contribution is 7.80. The average Bonchev–Trinajstić information content (AvgIpc) is 2.69. The molecule has 4 N–H and O–H groups in total. The Kier molecular flexibility index (Phi) is 7.15. The minimum Gasteiger partial charge on any atom is -0.497 e. The summed E-state index contributed by atoms with van der Waals surface area (Å²) in [6.45, 7) is 7.95. The van der Waals surface area contributed by atoms with Crippen molar-refractivity contribution in [2.45, 2.75) is 27.7 Å². The first-order valence-electron chi connectivity index (χ1n) is 9.85. The van der Waals surface area contributed by atoms with Gasteiger partial charge in [-0.2, -0.15) is 0 Å². The largest absolute Gasteiger partial charge is 0.497 e. The molecule has 0 amide bonds. The van der Waals surface area contributed by atoms with Gasteiger partial charge in [-0.05, 0) is 69.7 Å². The van der Waals surface area contributed by atoms with Crippen molar-refractivity contribution in [2.24, 2.45) is 0 Å². The predicted octanol–water partition coefficient (Wildman–Crippen LogP) is 3.08. The van der Waals surface area contributed by atoms with Gasteiger partial charge < -0.3 is 4.74 Å². The predicted molar refractivity (Wildman–Crippen MR) is 130 cm³/mol. The van der Waals surface area contributed by atoms with Crippen LogP contribution >= 0.6 is 12.2 Å². The average molecular weight is 436 g/mol. The molecule has 7 nitrogen and oxygen atoms in total. The Morgan fingerprint density at radius 3 is 2.32 bits per heavy atom. The number of nitrogens with one attached hydrogen (secondary N) is 4. The lowest BCUT2D eigenvalue weighted by atomic mass is 10.1. The fraction of sp³-hybridized carbons (Fsp3) is 0.217. The maximum Gasteiger partial charge on any atom is 0.320 e. The van der Waals surface area contributed by atoms with E-state index in [9.17, 15) is 0 Å². The highest BCUT2D eigenvalue weighted by Gasteiger charge is 2.13. The number of hydrogen-bond acceptors (Lipinski definition) is 4. The van der Waals surface area contributed by atoms with E-state index < -0.39 is 0 Å². The van der Waals surface area contributed by atoms with E-state index in [-0.39, 0.29) is 0 Å². The molecule has 0 saturated carbocycles. The molecule has 3 rings (SSSR count). The number of anilines is 3. The highest BCUT2D eigenvalue weighted by Crippen LogP contribution is 2.17. The molecule has 0 unspecified atom stereocenters. The summed E-state index contributed by atoms with van der Waals surface area (Å²) in [6.07, 6.45) is 0. The number of hydrogen-bond donors (Lipinski definition) is 4. The summed E-state index contributed by atoms with van der Waals surface area (Å²) in [7, 11) is 1.63. The molecule has 0 spiro atoms. The minimum absolute atomic E-state index is 0.425. The number of nitrogens with zero attached hydrogens (tertiary/aromatic N) is 2. The number of guanidine groups is 1. The molecule has 1 aromatic heterocycles. The molecule has 3 aromatic rings. The summed E-state index contributed by atoms with van der Waals surface area (Å²) >= 11 is 5.55. The molecule has 8 heteroatoms. The van der Waals surface area contributed by atoms with Crippen LogP contribution in [0.1, 0.15) is 22.5 Å². The molecule has 0 bridgehead atoms. The van der Waals surface area contributed by atoms with Gasteiger partial charge in [0.2, 0.25) is 0 Å². The summed E-state index contributed by atoms with van der Waals surface area (Å²) in [6, 6.07) is 15.7. The Bertz CT molecular complexity index is 1110. The van der Waals surface area contributed by atoms with Crippen molar-refractivity contribution in [1.29, 1.82) is 0 Å². The number of rotatable bonds is 4. The Morgan fingerprint density at radius 1 is 0.903 bits per heavy atom. The van der Waals surface area contributed by atoms with E-state index in [0.717, 1.165) is 34.1 Å². The van der Waals surface area contributed by atoms with Crippen LogP contribution in [0.4, 0.5) is 17.3 Å². The van der Waals surface area contributed by atoms with E-state index >= 15 is 0 Å². The van der Waals surface area contributed by atoms with Gasteiger partial charge in [0.05, 0.1) is 18.5 Å². The summed E-state index contributed by atoms with van der Waals surface area (Å²) in [5, 5.41) is 10.1.